The number of halogens is 1. The molecule has 146 valence electrons. The van der Waals surface area contributed by atoms with E-state index in [1.165, 1.54) is 7.11 Å². The second-order valence-corrected chi connectivity index (χ2v) is 6.14. The minimum absolute atomic E-state index is 0.0908. The fraction of sp³-hybridized carbons (Fsp3) is 0.105. The number of nitrogens with one attached hydrogen (secondary N) is 1. The van der Waals surface area contributed by atoms with Gasteiger partial charge >= 0.3 is 5.69 Å². The van der Waals surface area contributed by atoms with Crippen LogP contribution in [0.1, 0.15) is 0 Å². The van der Waals surface area contributed by atoms with Crippen molar-refractivity contribution in [2.45, 2.75) is 0 Å². The maximum Gasteiger partial charge on any atom is 0.307 e. The van der Waals surface area contributed by atoms with Gasteiger partial charge in [-0.1, -0.05) is 18.2 Å². The van der Waals surface area contributed by atoms with Gasteiger partial charge < -0.3 is 10.1 Å². The predicted molar refractivity (Wildman–Crippen MR) is 105 cm³/mol. The smallest absolute Gasteiger partial charge is 0.307 e. The second kappa shape index (κ2) is 7.15. The van der Waals surface area contributed by atoms with Crippen molar-refractivity contribution >= 4 is 28.2 Å². The highest BCUT2D eigenvalue weighted by molar-refractivity contribution is 5.92. The molecule has 0 amide bonds. The first kappa shape index (κ1) is 18.3. The van der Waals surface area contributed by atoms with E-state index in [2.05, 4.69) is 20.4 Å². The van der Waals surface area contributed by atoms with E-state index in [9.17, 15) is 14.5 Å². The summed E-state index contributed by atoms with van der Waals surface area (Å²) >= 11 is 0. The van der Waals surface area contributed by atoms with Crippen LogP contribution in [0.3, 0.4) is 0 Å². The molecule has 0 bridgehead atoms. The molecular weight excluding hydrogens is 379 g/mol. The third-order valence-electron chi connectivity index (χ3n) is 4.35. The third kappa shape index (κ3) is 3.31. The van der Waals surface area contributed by atoms with Crippen molar-refractivity contribution in [3.8, 4) is 17.1 Å². The number of fused-ring (bicyclic) bond motifs is 1. The molecule has 9 nitrogen and oxygen atoms in total. The molecule has 10 heteroatoms. The minimum Gasteiger partial charge on any atom is -0.494 e. The minimum atomic E-state index is -0.992. The predicted octanol–water partition coefficient (Wildman–Crippen LogP) is 3.83. The average Bonchev–Trinajstić information content (AvgIpc) is 3.04. The first-order valence-corrected chi connectivity index (χ1v) is 8.52. The second-order valence-electron chi connectivity index (χ2n) is 6.14. The van der Waals surface area contributed by atoms with Crippen LogP contribution in [0.5, 0.6) is 5.75 Å². The van der Waals surface area contributed by atoms with E-state index >= 15 is 0 Å². The van der Waals surface area contributed by atoms with Crippen molar-refractivity contribution in [3.05, 3.63) is 64.6 Å². The summed E-state index contributed by atoms with van der Waals surface area (Å²) in [5.41, 5.74) is 1.72. The molecular formula is C19H15FN6O3. The van der Waals surface area contributed by atoms with Crippen molar-refractivity contribution in [2.75, 3.05) is 12.4 Å². The van der Waals surface area contributed by atoms with Gasteiger partial charge in [0.25, 0.3) is 0 Å². The maximum atomic E-state index is 13.9. The average molecular weight is 394 g/mol. The molecule has 4 rings (SSSR count). The van der Waals surface area contributed by atoms with Gasteiger partial charge in [-0.15, -0.1) is 0 Å². The molecule has 0 saturated heterocycles. The zero-order valence-corrected chi connectivity index (χ0v) is 15.5. The van der Waals surface area contributed by atoms with Gasteiger partial charge in [0.2, 0.25) is 11.8 Å². The number of anilines is 2. The Kier molecular flexibility index (Phi) is 4.51. The van der Waals surface area contributed by atoms with Crippen LogP contribution < -0.4 is 10.1 Å². The lowest BCUT2D eigenvalue weighted by molar-refractivity contribution is -0.387. The summed E-state index contributed by atoms with van der Waals surface area (Å²) in [7, 11) is 3.15. The molecule has 4 aromatic rings. The van der Waals surface area contributed by atoms with Crippen molar-refractivity contribution < 1.29 is 14.1 Å². The maximum absolute atomic E-state index is 13.9. The Bertz CT molecular complexity index is 1240. The van der Waals surface area contributed by atoms with Crippen molar-refractivity contribution in [1.29, 1.82) is 0 Å². The number of rotatable bonds is 5. The molecule has 2 aromatic carbocycles. The Balaban J connectivity index is 1.76. The van der Waals surface area contributed by atoms with Crippen LogP contribution in [0.25, 0.3) is 22.3 Å². The normalized spacial score (nSPS) is 10.9. The van der Waals surface area contributed by atoms with Gasteiger partial charge in [0.15, 0.2) is 0 Å². The van der Waals surface area contributed by atoms with Crippen molar-refractivity contribution in [3.63, 3.8) is 0 Å². The van der Waals surface area contributed by atoms with Crippen LogP contribution in [-0.2, 0) is 7.05 Å². The molecule has 2 aromatic heterocycles. The van der Waals surface area contributed by atoms with Gasteiger partial charge in [0.05, 0.1) is 34.6 Å². The summed E-state index contributed by atoms with van der Waals surface area (Å²) in [5.74, 6) is -0.728. The summed E-state index contributed by atoms with van der Waals surface area (Å²) in [4.78, 5) is 18.9. The van der Waals surface area contributed by atoms with Crippen molar-refractivity contribution in [1.82, 2.24) is 19.7 Å². The van der Waals surface area contributed by atoms with Crippen LogP contribution >= 0.6 is 0 Å². The number of nitro groups is 1. The summed E-state index contributed by atoms with van der Waals surface area (Å²) in [6.45, 7) is 0. The van der Waals surface area contributed by atoms with E-state index in [0.717, 1.165) is 28.7 Å². The molecule has 0 unspecified atom stereocenters. The lowest BCUT2D eigenvalue weighted by Crippen LogP contribution is -2.03. The lowest BCUT2D eigenvalue weighted by Gasteiger charge is -2.11. The van der Waals surface area contributed by atoms with Gasteiger partial charge in [-0.3, -0.25) is 14.8 Å². The zero-order valence-electron chi connectivity index (χ0n) is 15.5. The van der Waals surface area contributed by atoms with E-state index in [1.807, 2.05) is 31.3 Å². The Morgan fingerprint density at radius 3 is 2.79 bits per heavy atom. The van der Waals surface area contributed by atoms with E-state index in [0.29, 0.717) is 5.69 Å². The highest BCUT2D eigenvalue weighted by Crippen LogP contribution is 2.34. The summed E-state index contributed by atoms with van der Waals surface area (Å²) in [6.07, 6.45) is 1.55. The molecule has 2 heterocycles. The van der Waals surface area contributed by atoms with Crippen LogP contribution in [0.15, 0.2) is 48.7 Å². The largest absolute Gasteiger partial charge is 0.494 e. The molecule has 0 aliphatic rings. The van der Waals surface area contributed by atoms with Crippen LogP contribution in [0.4, 0.5) is 21.7 Å². The first-order valence-electron chi connectivity index (χ1n) is 8.52. The number of aromatic nitrogens is 4. The molecule has 1 N–H and O–H groups in total. The third-order valence-corrected chi connectivity index (χ3v) is 4.35. The summed E-state index contributed by atoms with van der Waals surface area (Å²) < 4.78 is 20.7. The molecule has 29 heavy (non-hydrogen) atoms. The topological polar surface area (TPSA) is 108 Å². The molecule has 0 saturated carbocycles. The zero-order chi connectivity index (χ0) is 20.5. The van der Waals surface area contributed by atoms with Crippen LogP contribution in [-0.4, -0.2) is 31.8 Å². The molecule has 0 fully saturated rings. The molecule has 0 spiro atoms. The van der Waals surface area contributed by atoms with E-state index in [4.69, 9.17) is 4.74 Å². The number of hydrogen-bond acceptors (Lipinski definition) is 7. The summed E-state index contributed by atoms with van der Waals surface area (Å²) in [6, 6.07) is 11.4. The monoisotopic (exact) mass is 394 g/mol. The SMILES string of the molecule is COc1cc(F)c([N+](=O)[O-])cc1Nc1nccc(-c2c3ccccc3nn2C)n1. The number of benzene rings is 2. The number of nitrogens with zero attached hydrogens (tertiary/aromatic N) is 5. The van der Waals surface area contributed by atoms with Gasteiger partial charge in [0, 0.05) is 30.8 Å². The number of hydrogen-bond donors (Lipinski definition) is 1. The Labute approximate surface area is 163 Å². The highest BCUT2D eigenvalue weighted by Gasteiger charge is 2.20. The first-order chi connectivity index (χ1) is 14.0. The van der Waals surface area contributed by atoms with E-state index < -0.39 is 16.4 Å². The quantitative estimate of drug-likeness (QED) is 0.405. The fourth-order valence-corrected chi connectivity index (χ4v) is 3.07. The molecule has 0 atom stereocenters. The van der Waals surface area contributed by atoms with Gasteiger partial charge in [0.1, 0.15) is 5.75 Å². The van der Waals surface area contributed by atoms with Crippen molar-refractivity contribution in [2.24, 2.45) is 7.05 Å². The lowest BCUT2D eigenvalue weighted by atomic mass is 10.1. The standard InChI is InChI=1S/C19H15FN6O3/c1-25-18(11-5-3-4-6-13(11)24-25)14-7-8-21-19(22-14)23-15-10-16(26(27)28)12(20)9-17(15)29-2/h3-10H,1-2H3,(H,21,22,23). The number of methoxy groups -OCH3 is 1. The van der Waals surface area contributed by atoms with E-state index in [1.54, 1.807) is 16.9 Å². The molecule has 0 aliphatic heterocycles. The highest BCUT2D eigenvalue weighted by atomic mass is 19.1. The molecule has 0 radical (unpaired) electrons. The Morgan fingerprint density at radius 1 is 1.24 bits per heavy atom. The molecule has 0 aliphatic carbocycles. The van der Waals surface area contributed by atoms with Crippen LogP contribution in [0, 0.1) is 15.9 Å². The van der Waals surface area contributed by atoms with E-state index in [-0.39, 0.29) is 17.4 Å². The van der Waals surface area contributed by atoms with Gasteiger partial charge in [-0.2, -0.15) is 9.49 Å². The van der Waals surface area contributed by atoms with Crippen LogP contribution in [0.2, 0.25) is 0 Å². The van der Waals surface area contributed by atoms with Gasteiger partial charge in [-0.05, 0) is 12.1 Å². The fourth-order valence-electron chi connectivity index (χ4n) is 3.07. The number of ether oxygens (including phenoxy) is 1. The Hall–Kier alpha value is -4.08. The van der Waals surface area contributed by atoms with Gasteiger partial charge in [-0.25, -0.2) is 9.97 Å². The number of nitro benzene ring substituents is 1. The summed E-state index contributed by atoms with van der Waals surface area (Å²) in [5, 5.41) is 19.3. The Morgan fingerprint density at radius 2 is 2.03 bits per heavy atom. The number of aryl methyl sites for hydroxylation is 1.